The van der Waals surface area contributed by atoms with Crippen molar-refractivity contribution in [3.05, 3.63) is 46.0 Å². The number of hydrogen-bond acceptors (Lipinski definition) is 7. The number of aliphatic hydroxyl groups excluding tert-OH is 1. The highest BCUT2D eigenvalue weighted by Gasteiger charge is 2.40. The van der Waals surface area contributed by atoms with Gasteiger partial charge in [0.25, 0.3) is 0 Å². The topological polar surface area (TPSA) is 135 Å². The number of aliphatic hydroxyl groups is 1. The molecule has 0 saturated heterocycles. The Morgan fingerprint density at radius 1 is 0.875 bits per heavy atom. The van der Waals surface area contributed by atoms with Crippen molar-refractivity contribution in [1.82, 2.24) is 0 Å². The monoisotopic (exact) mass is 330 g/mol. The lowest BCUT2D eigenvalue weighted by Crippen LogP contribution is -2.24. The van der Waals surface area contributed by atoms with E-state index in [1.165, 1.54) is 18.2 Å². The number of hydrogen-bond donors (Lipinski definition) is 5. The van der Waals surface area contributed by atoms with E-state index in [0.29, 0.717) is 0 Å². The van der Waals surface area contributed by atoms with Gasteiger partial charge in [-0.15, -0.1) is 0 Å². The van der Waals surface area contributed by atoms with Gasteiger partial charge in [0, 0.05) is 16.7 Å². The van der Waals surface area contributed by atoms with Crippen molar-refractivity contribution in [3.8, 4) is 23.0 Å². The predicted molar refractivity (Wildman–Crippen MR) is 81.7 cm³/mol. The van der Waals surface area contributed by atoms with E-state index < -0.39 is 46.2 Å². The molecule has 2 aromatic rings. The van der Waals surface area contributed by atoms with E-state index >= 15 is 0 Å². The van der Waals surface area contributed by atoms with Crippen LogP contribution in [0.5, 0.6) is 23.0 Å². The average Bonchev–Trinajstić information content (AvgIpc) is 2.56. The number of carbonyl (C=O) groups excluding carboxylic acids is 2. The molecule has 1 aliphatic rings. The molecule has 1 atom stereocenters. The molecule has 0 heterocycles. The van der Waals surface area contributed by atoms with Crippen molar-refractivity contribution in [2.75, 3.05) is 0 Å². The standard InChI is InChI=1S/C17H14O7/c1-2-7(18)10-11-12(16(23)17(24)15(10)22)14(21)9-6(13(11)20)4-3-5-8(9)19/h3-5,7,18-19,22-24H,2H2,1H3. The van der Waals surface area contributed by atoms with Crippen molar-refractivity contribution in [3.63, 3.8) is 0 Å². The molecule has 0 aromatic heterocycles. The Kier molecular flexibility index (Phi) is 3.46. The minimum Gasteiger partial charge on any atom is -0.507 e. The molecule has 0 fully saturated rings. The lowest BCUT2D eigenvalue weighted by atomic mass is 9.79. The van der Waals surface area contributed by atoms with Crippen LogP contribution in [0.4, 0.5) is 0 Å². The quantitative estimate of drug-likeness (QED) is 0.451. The molecular formula is C17H14O7. The van der Waals surface area contributed by atoms with Gasteiger partial charge in [0.15, 0.2) is 17.3 Å². The van der Waals surface area contributed by atoms with E-state index in [0.717, 1.165) is 0 Å². The van der Waals surface area contributed by atoms with Gasteiger partial charge in [0.05, 0.1) is 17.2 Å². The summed E-state index contributed by atoms with van der Waals surface area (Å²) in [6, 6.07) is 3.91. The van der Waals surface area contributed by atoms with Crippen LogP contribution in [0, 0.1) is 0 Å². The zero-order valence-electron chi connectivity index (χ0n) is 12.6. The normalized spacial score (nSPS) is 14.2. The highest BCUT2D eigenvalue weighted by Crippen LogP contribution is 2.49. The van der Waals surface area contributed by atoms with Crippen molar-refractivity contribution >= 4 is 11.6 Å². The summed E-state index contributed by atoms with van der Waals surface area (Å²) in [6.45, 7) is 1.58. The van der Waals surface area contributed by atoms with Crippen molar-refractivity contribution in [2.24, 2.45) is 0 Å². The van der Waals surface area contributed by atoms with E-state index in [9.17, 15) is 35.1 Å². The Labute approximate surface area is 136 Å². The Balaban J connectivity index is 2.46. The van der Waals surface area contributed by atoms with Gasteiger partial charge in [-0.1, -0.05) is 19.1 Å². The van der Waals surface area contributed by atoms with Crippen LogP contribution in [0.2, 0.25) is 0 Å². The second kappa shape index (κ2) is 5.24. The predicted octanol–water partition coefficient (Wildman–Crippen LogP) is 1.73. The van der Waals surface area contributed by atoms with Crippen LogP contribution in [0.25, 0.3) is 0 Å². The average molecular weight is 330 g/mol. The second-order valence-electron chi connectivity index (χ2n) is 5.49. The number of ketones is 2. The van der Waals surface area contributed by atoms with Gasteiger partial charge in [-0.25, -0.2) is 0 Å². The number of phenols is 4. The molecule has 1 unspecified atom stereocenters. The number of aromatic hydroxyl groups is 4. The number of rotatable bonds is 2. The Morgan fingerprint density at radius 2 is 1.54 bits per heavy atom. The fourth-order valence-corrected chi connectivity index (χ4v) is 2.94. The summed E-state index contributed by atoms with van der Waals surface area (Å²) in [7, 11) is 0. The minimum absolute atomic E-state index is 0.0958. The molecule has 7 nitrogen and oxygen atoms in total. The molecule has 0 radical (unpaired) electrons. The summed E-state index contributed by atoms with van der Waals surface area (Å²) in [4.78, 5) is 25.5. The first-order valence-corrected chi connectivity index (χ1v) is 7.21. The summed E-state index contributed by atoms with van der Waals surface area (Å²) < 4.78 is 0. The summed E-state index contributed by atoms with van der Waals surface area (Å²) in [5, 5.41) is 50.0. The Bertz CT molecular complexity index is 899. The molecule has 124 valence electrons. The maximum absolute atomic E-state index is 12.8. The van der Waals surface area contributed by atoms with Crippen molar-refractivity contribution < 1.29 is 35.1 Å². The van der Waals surface area contributed by atoms with Gasteiger partial charge in [0.1, 0.15) is 5.75 Å². The number of carbonyl (C=O) groups is 2. The maximum atomic E-state index is 12.8. The van der Waals surface area contributed by atoms with Crippen LogP contribution < -0.4 is 0 Å². The molecule has 2 aromatic carbocycles. The van der Waals surface area contributed by atoms with E-state index in [-0.39, 0.29) is 28.7 Å². The Morgan fingerprint density at radius 3 is 2.17 bits per heavy atom. The molecule has 1 aliphatic carbocycles. The van der Waals surface area contributed by atoms with Gasteiger partial charge in [-0.3, -0.25) is 9.59 Å². The van der Waals surface area contributed by atoms with Crippen LogP contribution in [0.3, 0.4) is 0 Å². The zero-order valence-corrected chi connectivity index (χ0v) is 12.6. The third kappa shape index (κ3) is 1.88. The third-order valence-electron chi connectivity index (χ3n) is 4.15. The van der Waals surface area contributed by atoms with Crippen LogP contribution in [-0.4, -0.2) is 37.1 Å². The fraction of sp³-hybridized carbons (Fsp3) is 0.176. The Hall–Kier alpha value is -3.06. The van der Waals surface area contributed by atoms with Gasteiger partial charge < -0.3 is 25.5 Å². The number of fused-ring (bicyclic) bond motifs is 2. The van der Waals surface area contributed by atoms with Crippen LogP contribution >= 0.6 is 0 Å². The molecule has 0 bridgehead atoms. The molecular weight excluding hydrogens is 316 g/mol. The molecule has 5 N–H and O–H groups in total. The van der Waals surface area contributed by atoms with Crippen LogP contribution in [0.1, 0.15) is 56.9 Å². The van der Waals surface area contributed by atoms with Gasteiger partial charge in [0.2, 0.25) is 11.5 Å². The summed E-state index contributed by atoms with van der Waals surface area (Å²) in [5.41, 5.74) is -1.66. The van der Waals surface area contributed by atoms with Crippen LogP contribution in [-0.2, 0) is 0 Å². The van der Waals surface area contributed by atoms with E-state index in [1.807, 2.05) is 0 Å². The van der Waals surface area contributed by atoms with Crippen molar-refractivity contribution in [1.29, 1.82) is 0 Å². The molecule has 0 spiro atoms. The lowest BCUT2D eigenvalue weighted by Gasteiger charge is -2.24. The fourth-order valence-electron chi connectivity index (χ4n) is 2.94. The molecule has 0 saturated carbocycles. The molecule has 24 heavy (non-hydrogen) atoms. The minimum atomic E-state index is -1.33. The summed E-state index contributed by atoms with van der Waals surface area (Å²) >= 11 is 0. The molecule has 0 aliphatic heterocycles. The third-order valence-corrected chi connectivity index (χ3v) is 4.15. The van der Waals surface area contributed by atoms with E-state index in [4.69, 9.17) is 0 Å². The van der Waals surface area contributed by atoms with Crippen molar-refractivity contribution in [2.45, 2.75) is 19.4 Å². The highest BCUT2D eigenvalue weighted by atomic mass is 16.3. The van der Waals surface area contributed by atoms with Gasteiger partial charge in [-0.05, 0) is 12.5 Å². The molecule has 0 amide bonds. The number of phenolic OH excluding ortho intramolecular Hbond substituents is 4. The smallest absolute Gasteiger partial charge is 0.202 e. The summed E-state index contributed by atoms with van der Waals surface area (Å²) in [6.07, 6.45) is -1.24. The SMILES string of the molecule is CCC(O)c1c(O)c(O)c(O)c2c1C(=O)c1cccc(O)c1C2=O. The summed E-state index contributed by atoms with van der Waals surface area (Å²) in [5.74, 6) is -4.90. The first kappa shape index (κ1) is 15.8. The van der Waals surface area contributed by atoms with Gasteiger partial charge in [-0.2, -0.15) is 0 Å². The zero-order chi connectivity index (χ0) is 17.8. The first-order chi connectivity index (χ1) is 11.3. The molecule has 3 rings (SSSR count). The highest BCUT2D eigenvalue weighted by molar-refractivity contribution is 6.31. The van der Waals surface area contributed by atoms with Gasteiger partial charge >= 0.3 is 0 Å². The number of benzene rings is 2. The van der Waals surface area contributed by atoms with Crippen LogP contribution in [0.15, 0.2) is 18.2 Å². The molecule has 7 heteroatoms. The van der Waals surface area contributed by atoms with E-state index in [2.05, 4.69) is 0 Å². The first-order valence-electron chi connectivity index (χ1n) is 7.21. The maximum Gasteiger partial charge on any atom is 0.202 e. The second-order valence-corrected chi connectivity index (χ2v) is 5.49. The lowest BCUT2D eigenvalue weighted by molar-refractivity contribution is 0.0966. The van der Waals surface area contributed by atoms with E-state index in [1.54, 1.807) is 6.92 Å². The largest absolute Gasteiger partial charge is 0.507 e.